The van der Waals surface area contributed by atoms with Crippen molar-refractivity contribution in [2.75, 3.05) is 4.90 Å². The number of hydrogen-bond donors (Lipinski definition) is 0. The Hall–Kier alpha value is -7.30. The minimum Gasteiger partial charge on any atom is -0.309 e. The van der Waals surface area contributed by atoms with Gasteiger partial charge in [0.1, 0.15) is 0 Å². The fourth-order valence-corrected chi connectivity index (χ4v) is 11.8. The van der Waals surface area contributed by atoms with Crippen molar-refractivity contribution < 1.29 is 0 Å². The van der Waals surface area contributed by atoms with Crippen LogP contribution in [0.4, 0.5) is 17.1 Å². The van der Waals surface area contributed by atoms with Gasteiger partial charge in [-0.3, -0.25) is 0 Å². The number of nitrogens with zero attached hydrogens (tertiary/aromatic N) is 1. The van der Waals surface area contributed by atoms with E-state index in [2.05, 4.69) is 229 Å². The lowest BCUT2D eigenvalue weighted by Gasteiger charge is -2.30. The number of fused-ring (bicyclic) bond motifs is 7. The van der Waals surface area contributed by atoms with Gasteiger partial charge in [-0.05, 0) is 75.0 Å². The molecule has 0 unspecified atom stereocenters. The molecule has 0 saturated carbocycles. The fourth-order valence-electron chi connectivity index (χ4n) is 9.35. The molecule has 12 rings (SSSR count). The second kappa shape index (κ2) is 14.8. The quantitative estimate of drug-likeness (QED) is 0.155. The molecular formula is C58H37NS2. The zero-order chi connectivity index (χ0) is 40.3. The van der Waals surface area contributed by atoms with Crippen LogP contribution in [0, 0.1) is 0 Å². The Kier molecular flexibility index (Phi) is 8.62. The first kappa shape index (κ1) is 35.6. The van der Waals surface area contributed by atoms with Gasteiger partial charge in [-0.1, -0.05) is 188 Å². The first-order valence-electron chi connectivity index (χ1n) is 20.8. The van der Waals surface area contributed by atoms with E-state index in [4.69, 9.17) is 0 Å². The predicted octanol–water partition coefficient (Wildman–Crippen LogP) is 17.7. The minimum atomic E-state index is 1.10. The molecule has 1 nitrogen and oxygen atoms in total. The third kappa shape index (κ3) is 5.96. The van der Waals surface area contributed by atoms with Gasteiger partial charge in [0.2, 0.25) is 0 Å². The molecule has 12 aromatic rings. The molecule has 0 fully saturated rings. The normalized spacial score (nSPS) is 11.6. The van der Waals surface area contributed by atoms with E-state index < -0.39 is 0 Å². The van der Waals surface area contributed by atoms with Gasteiger partial charge in [-0.15, -0.1) is 22.7 Å². The summed E-state index contributed by atoms with van der Waals surface area (Å²) in [6.07, 6.45) is 0. The fraction of sp³-hybridized carbons (Fsp3) is 0. The van der Waals surface area contributed by atoms with Crippen molar-refractivity contribution in [2.24, 2.45) is 0 Å². The molecule has 0 aliphatic carbocycles. The Morgan fingerprint density at radius 1 is 0.279 bits per heavy atom. The van der Waals surface area contributed by atoms with Gasteiger partial charge in [-0.2, -0.15) is 0 Å². The Balaban J connectivity index is 1.09. The van der Waals surface area contributed by atoms with E-state index in [1.807, 2.05) is 22.7 Å². The molecule has 0 radical (unpaired) electrons. The zero-order valence-corrected chi connectivity index (χ0v) is 34.8. The van der Waals surface area contributed by atoms with Crippen molar-refractivity contribution >= 4 is 90.9 Å². The first-order chi connectivity index (χ1) is 30.3. The highest BCUT2D eigenvalue weighted by Crippen LogP contribution is 2.50. The number of thiophene rings is 2. The van der Waals surface area contributed by atoms with Gasteiger partial charge in [0.25, 0.3) is 0 Å². The summed E-state index contributed by atoms with van der Waals surface area (Å²) in [6, 6.07) is 82.4. The first-order valence-corrected chi connectivity index (χ1v) is 22.4. The predicted molar refractivity (Wildman–Crippen MR) is 266 cm³/mol. The molecule has 0 spiro atoms. The Labute approximate surface area is 362 Å². The lowest BCUT2D eigenvalue weighted by molar-refractivity contribution is 1.29. The number of para-hydroxylation sites is 2. The van der Waals surface area contributed by atoms with Crippen molar-refractivity contribution in [3.8, 4) is 44.5 Å². The van der Waals surface area contributed by atoms with Gasteiger partial charge in [0.05, 0.1) is 11.4 Å². The smallest absolute Gasteiger partial charge is 0.0540 e. The van der Waals surface area contributed by atoms with Crippen LogP contribution < -0.4 is 4.90 Å². The maximum Gasteiger partial charge on any atom is 0.0540 e. The SMILES string of the molecule is c1ccc(-c2cccc3cccc(-c4ccccc4N(c4ccc(-c5cccc6c5sc5ccccc56)cc4)c4ccccc4-c4cccc5c4sc4ccccc45)c23)cc1. The summed E-state index contributed by atoms with van der Waals surface area (Å²) in [5.74, 6) is 0. The van der Waals surface area contributed by atoms with Crippen LogP contribution in [0.1, 0.15) is 0 Å². The molecule has 2 aromatic heterocycles. The molecule has 2 heterocycles. The van der Waals surface area contributed by atoms with Crippen LogP contribution >= 0.6 is 22.7 Å². The number of hydrogen-bond acceptors (Lipinski definition) is 3. The van der Waals surface area contributed by atoms with E-state index in [1.54, 1.807) is 0 Å². The molecule has 0 atom stereocenters. The monoisotopic (exact) mass is 811 g/mol. The standard InChI is InChI=1S/C58H37NS2/c1-2-16-38(17-3-1)42-24-12-18-40-19-13-26-48(56(40)42)44-20-4-8-30-52(44)59(41-36-34-39(35-37-41)43-25-14-28-50-46-22-6-10-32-54(46)60-57(43)50)53-31-9-5-21-45(53)49-27-15-29-51-47-23-7-11-33-55(47)61-58(49)51/h1-37H. The van der Waals surface area contributed by atoms with Crippen LogP contribution in [0.3, 0.4) is 0 Å². The van der Waals surface area contributed by atoms with E-state index in [1.165, 1.54) is 95.6 Å². The summed E-state index contributed by atoms with van der Waals surface area (Å²) >= 11 is 3.76. The van der Waals surface area contributed by atoms with Crippen LogP contribution in [-0.2, 0) is 0 Å². The molecular weight excluding hydrogens is 775 g/mol. The van der Waals surface area contributed by atoms with Crippen LogP contribution in [0.5, 0.6) is 0 Å². The maximum absolute atomic E-state index is 2.49. The largest absolute Gasteiger partial charge is 0.309 e. The van der Waals surface area contributed by atoms with Crippen molar-refractivity contribution in [3.63, 3.8) is 0 Å². The van der Waals surface area contributed by atoms with Crippen molar-refractivity contribution in [1.29, 1.82) is 0 Å². The molecule has 0 aliphatic heterocycles. The highest BCUT2D eigenvalue weighted by molar-refractivity contribution is 7.26. The molecule has 10 aromatic carbocycles. The highest BCUT2D eigenvalue weighted by atomic mass is 32.1. The molecule has 0 amide bonds. The number of anilines is 3. The molecule has 0 aliphatic rings. The maximum atomic E-state index is 2.49. The van der Waals surface area contributed by atoms with Gasteiger partial charge in [0, 0.05) is 62.7 Å². The second-order valence-corrected chi connectivity index (χ2v) is 17.7. The molecule has 286 valence electrons. The lowest BCUT2D eigenvalue weighted by atomic mass is 9.90. The molecule has 0 bridgehead atoms. The Morgan fingerprint density at radius 2 is 0.721 bits per heavy atom. The van der Waals surface area contributed by atoms with Crippen LogP contribution in [0.2, 0.25) is 0 Å². The average molecular weight is 812 g/mol. The molecule has 3 heteroatoms. The van der Waals surface area contributed by atoms with E-state index in [0.29, 0.717) is 0 Å². The van der Waals surface area contributed by atoms with Crippen molar-refractivity contribution in [1.82, 2.24) is 0 Å². The summed E-state index contributed by atoms with van der Waals surface area (Å²) in [5, 5.41) is 7.70. The van der Waals surface area contributed by atoms with Gasteiger partial charge in [0.15, 0.2) is 0 Å². The molecule has 0 N–H and O–H groups in total. The Morgan fingerprint density at radius 3 is 1.38 bits per heavy atom. The number of benzene rings is 10. The van der Waals surface area contributed by atoms with Gasteiger partial charge in [-0.25, -0.2) is 0 Å². The van der Waals surface area contributed by atoms with E-state index >= 15 is 0 Å². The van der Waals surface area contributed by atoms with E-state index in [-0.39, 0.29) is 0 Å². The second-order valence-electron chi connectivity index (χ2n) is 15.6. The average Bonchev–Trinajstić information content (AvgIpc) is 3.91. The van der Waals surface area contributed by atoms with Crippen molar-refractivity contribution in [3.05, 3.63) is 224 Å². The van der Waals surface area contributed by atoms with Gasteiger partial charge >= 0.3 is 0 Å². The van der Waals surface area contributed by atoms with E-state index in [9.17, 15) is 0 Å². The van der Waals surface area contributed by atoms with Crippen LogP contribution in [0.15, 0.2) is 224 Å². The summed E-state index contributed by atoms with van der Waals surface area (Å²) in [6.45, 7) is 0. The summed E-state index contributed by atoms with van der Waals surface area (Å²) < 4.78 is 5.25. The van der Waals surface area contributed by atoms with Crippen LogP contribution in [-0.4, -0.2) is 0 Å². The lowest BCUT2D eigenvalue weighted by Crippen LogP contribution is -2.12. The molecule has 61 heavy (non-hydrogen) atoms. The highest BCUT2D eigenvalue weighted by Gasteiger charge is 2.23. The summed E-state index contributed by atoms with van der Waals surface area (Å²) in [7, 11) is 0. The Bertz CT molecular complexity index is 3590. The van der Waals surface area contributed by atoms with E-state index in [0.717, 1.165) is 17.1 Å². The summed E-state index contributed by atoms with van der Waals surface area (Å²) in [4.78, 5) is 2.49. The van der Waals surface area contributed by atoms with Crippen molar-refractivity contribution in [2.45, 2.75) is 0 Å². The molecule has 0 saturated heterocycles. The zero-order valence-electron chi connectivity index (χ0n) is 33.1. The number of rotatable bonds is 7. The third-order valence-electron chi connectivity index (χ3n) is 12.1. The summed E-state index contributed by atoms with van der Waals surface area (Å²) in [5.41, 5.74) is 13.1. The third-order valence-corrected chi connectivity index (χ3v) is 14.5. The van der Waals surface area contributed by atoms with Gasteiger partial charge < -0.3 is 4.90 Å². The van der Waals surface area contributed by atoms with Crippen LogP contribution in [0.25, 0.3) is 95.6 Å². The topological polar surface area (TPSA) is 3.24 Å². The minimum absolute atomic E-state index is 1.10.